The minimum atomic E-state index is -0.770. The lowest BCUT2D eigenvalue weighted by molar-refractivity contribution is 0.0976. The second-order valence-corrected chi connectivity index (χ2v) is 32.8. The third kappa shape index (κ3) is 26.1. The van der Waals surface area contributed by atoms with E-state index in [1.165, 1.54) is 78.1 Å². The molecule has 1 aliphatic carbocycles. The summed E-state index contributed by atoms with van der Waals surface area (Å²) in [6.07, 6.45) is 4.33. The average molecular weight is 1850 g/mol. The molecule has 1 saturated heterocycles. The zero-order valence-electron chi connectivity index (χ0n) is 70.7. The first kappa shape index (κ1) is 96.0. The summed E-state index contributed by atoms with van der Waals surface area (Å²) in [5.74, 6) is -7.31. The molecule has 0 spiro atoms. The van der Waals surface area contributed by atoms with Crippen LogP contribution in [-0.4, -0.2) is 132 Å². The van der Waals surface area contributed by atoms with Gasteiger partial charge in [-0.1, -0.05) is 113 Å². The van der Waals surface area contributed by atoms with E-state index in [4.69, 9.17) is 62.6 Å². The lowest BCUT2D eigenvalue weighted by Gasteiger charge is -2.29. The zero-order chi connectivity index (χ0) is 93.9. The van der Waals surface area contributed by atoms with Gasteiger partial charge in [0.25, 0.3) is 23.6 Å². The highest BCUT2D eigenvalue weighted by Crippen LogP contribution is 2.34. The number of rotatable bonds is 25. The lowest BCUT2D eigenvalue weighted by Crippen LogP contribution is -2.35. The van der Waals surface area contributed by atoms with Crippen molar-refractivity contribution in [3.05, 3.63) is 399 Å². The SMILES string of the molecule is CN(C)C(=N)c1ccc(C(=O)Cc2ccc(F)cc2C(=O)Nc2ccc(Cl)cc2)c(F)c1.CN1CCN=C1c1ccc(C(=O)Cc2ccc(F)cc2C(=O)Nc2ccc(Cl)cc2)c(F)c1.N=C(c1ccc(C(=O)Cc2ccc(F)cc2C(=O)Nc2ccc(Cl)cc2)c(F)c1)C1CC1.N=C(c1ccc(C(=O)Cc2ccc(F)cc2C(=O)Nc2ccc(Cl)cc2)cc1)N1CCCCC1. The predicted octanol–water partition coefficient (Wildman–Crippen LogP) is 22.2. The van der Waals surface area contributed by atoms with Crippen LogP contribution in [0.2, 0.25) is 20.1 Å². The van der Waals surface area contributed by atoms with Gasteiger partial charge in [0.15, 0.2) is 23.1 Å². The van der Waals surface area contributed by atoms with Gasteiger partial charge in [0.05, 0.1) is 23.2 Å². The number of ketones is 4. The molecule has 2 heterocycles. The van der Waals surface area contributed by atoms with E-state index in [0.717, 1.165) is 99.4 Å². The molecule has 4 amide bonds. The van der Waals surface area contributed by atoms with Crippen LogP contribution in [0, 0.1) is 62.9 Å². The summed E-state index contributed by atoms with van der Waals surface area (Å²) in [5, 5.41) is 37.1. The lowest BCUT2D eigenvalue weighted by atomic mass is 9.96. The van der Waals surface area contributed by atoms with Crippen LogP contribution in [0.5, 0.6) is 0 Å². The molecular weight excluding hydrogens is 1770 g/mol. The number of aliphatic imine (C=N–C) groups is 1. The van der Waals surface area contributed by atoms with Crippen molar-refractivity contribution >= 4 is 139 Å². The fourth-order valence-corrected chi connectivity index (χ4v) is 14.7. The Kier molecular flexibility index (Phi) is 32.5. The van der Waals surface area contributed by atoms with Crippen molar-refractivity contribution in [1.29, 1.82) is 16.2 Å². The highest BCUT2D eigenvalue weighted by atomic mass is 35.5. The van der Waals surface area contributed by atoms with Crippen molar-refractivity contribution in [2.75, 3.05) is 68.6 Å². The Morgan fingerprint density at radius 2 is 0.687 bits per heavy atom. The third-order valence-corrected chi connectivity index (χ3v) is 22.4. The van der Waals surface area contributed by atoms with E-state index in [2.05, 4.69) is 31.2 Å². The molecule has 3 aliphatic rings. The van der Waals surface area contributed by atoms with Crippen LogP contribution in [0.1, 0.15) is 159 Å². The molecule has 1 saturated carbocycles. The van der Waals surface area contributed by atoms with Crippen molar-refractivity contribution in [2.45, 2.75) is 57.8 Å². The Labute approximate surface area is 770 Å². The zero-order valence-corrected chi connectivity index (χ0v) is 73.7. The number of likely N-dealkylation sites (N-methyl/N-ethyl adjacent to an activating group) is 1. The molecule has 2 aliphatic heterocycles. The number of hydrogen-bond donors (Lipinski definition) is 7. The van der Waals surface area contributed by atoms with Gasteiger partial charge in [-0.05, 0) is 242 Å². The molecule has 131 heavy (non-hydrogen) atoms. The van der Waals surface area contributed by atoms with Crippen LogP contribution < -0.4 is 21.3 Å². The van der Waals surface area contributed by atoms with Gasteiger partial charge >= 0.3 is 0 Å². The first-order chi connectivity index (χ1) is 62.7. The smallest absolute Gasteiger partial charge is 0.256 e. The van der Waals surface area contributed by atoms with Crippen molar-refractivity contribution in [2.24, 2.45) is 10.9 Å². The maximum absolute atomic E-state index is 14.8. The molecule has 0 bridgehead atoms. The normalized spacial score (nSPS) is 12.5. The average Bonchev–Trinajstić information content (AvgIpc) is 1.69. The Morgan fingerprint density at radius 3 is 1.02 bits per heavy atom. The number of carbonyl (C=O) groups excluding carboxylic acids is 8. The van der Waals surface area contributed by atoms with Gasteiger partial charge in [0.2, 0.25) is 0 Å². The molecule has 0 atom stereocenters. The number of likely N-dealkylation sites (tertiary alicyclic amines) is 1. The maximum atomic E-state index is 14.8. The maximum Gasteiger partial charge on any atom is 0.256 e. The first-order valence-corrected chi connectivity index (χ1v) is 42.7. The Morgan fingerprint density at radius 1 is 0.366 bits per heavy atom. The number of nitrogens with one attached hydrogen (secondary N) is 7. The molecule has 15 rings (SSSR count). The van der Waals surface area contributed by atoms with Gasteiger partial charge in [-0.2, -0.15) is 0 Å². The summed E-state index contributed by atoms with van der Waals surface area (Å²) in [6, 6.07) is 59.6. The molecule has 2 fully saturated rings. The molecule has 0 aromatic heterocycles. The number of Topliss-reactive ketones (excluding diaryl/α,β-unsaturated/α-hetero) is 4. The van der Waals surface area contributed by atoms with Crippen molar-refractivity contribution in [1.82, 2.24) is 14.7 Å². The van der Waals surface area contributed by atoms with Gasteiger partial charge < -0.3 is 41.4 Å². The number of anilines is 4. The van der Waals surface area contributed by atoms with E-state index in [1.807, 2.05) is 11.9 Å². The fraction of sp³-hybridized carbons (Fsp3) is 0.168. The van der Waals surface area contributed by atoms with Crippen molar-refractivity contribution in [3.63, 3.8) is 0 Å². The van der Waals surface area contributed by atoms with Gasteiger partial charge in [0.1, 0.15) is 58.2 Å². The quantitative estimate of drug-likeness (QED) is 0.0122. The predicted molar refractivity (Wildman–Crippen MR) is 497 cm³/mol. The van der Waals surface area contributed by atoms with E-state index in [-0.39, 0.29) is 98.9 Å². The second kappa shape index (κ2) is 44.3. The van der Waals surface area contributed by atoms with Gasteiger partial charge in [-0.3, -0.25) is 54.2 Å². The van der Waals surface area contributed by atoms with Crippen LogP contribution in [0.25, 0.3) is 0 Å². The van der Waals surface area contributed by atoms with Crippen LogP contribution in [0.4, 0.5) is 53.5 Å². The van der Waals surface area contributed by atoms with Crippen molar-refractivity contribution < 1.29 is 69.1 Å². The van der Waals surface area contributed by atoms with Crippen LogP contribution in [0.3, 0.4) is 0 Å². The summed E-state index contributed by atoms with van der Waals surface area (Å²) < 4.78 is 99.5. The monoisotopic (exact) mass is 1850 g/mol. The number of halogens is 11. The molecule has 19 nitrogen and oxygen atoms in total. The minimum Gasteiger partial charge on any atom is -0.363 e. The van der Waals surface area contributed by atoms with Gasteiger partial charge in [0, 0.05) is 165 Å². The van der Waals surface area contributed by atoms with E-state index in [0.29, 0.717) is 94.6 Å². The summed E-state index contributed by atoms with van der Waals surface area (Å²) in [6.45, 7) is 3.15. The highest BCUT2D eigenvalue weighted by Gasteiger charge is 2.30. The molecule has 668 valence electrons. The summed E-state index contributed by atoms with van der Waals surface area (Å²) in [5.41, 5.74) is 5.80. The largest absolute Gasteiger partial charge is 0.363 e. The summed E-state index contributed by atoms with van der Waals surface area (Å²) in [7, 11) is 5.18. The van der Waals surface area contributed by atoms with Crippen LogP contribution >= 0.6 is 46.4 Å². The third-order valence-electron chi connectivity index (χ3n) is 21.4. The highest BCUT2D eigenvalue weighted by molar-refractivity contribution is 6.32. The van der Waals surface area contributed by atoms with Gasteiger partial charge in [-0.25, -0.2) is 30.7 Å². The summed E-state index contributed by atoms with van der Waals surface area (Å²) >= 11 is 23.4. The Balaban J connectivity index is 0.000000158. The number of carbonyl (C=O) groups is 8. The van der Waals surface area contributed by atoms with Crippen LogP contribution in [0.15, 0.2) is 254 Å². The number of benzene rings is 12. The van der Waals surface area contributed by atoms with Crippen molar-refractivity contribution in [3.8, 4) is 0 Å². The van der Waals surface area contributed by atoms with Crippen LogP contribution in [-0.2, 0) is 25.7 Å². The number of hydrogen-bond acceptors (Lipinski definition) is 13. The van der Waals surface area contributed by atoms with E-state index in [9.17, 15) is 69.1 Å². The topological polar surface area (TPSA) is 278 Å². The number of amides is 4. The van der Waals surface area contributed by atoms with E-state index >= 15 is 0 Å². The first-order valence-electron chi connectivity index (χ1n) is 41.2. The molecule has 7 N–H and O–H groups in total. The molecule has 12 aromatic carbocycles. The fourth-order valence-electron chi connectivity index (χ4n) is 14.2. The Bertz CT molecular complexity index is 6240. The molecule has 12 aromatic rings. The Hall–Kier alpha value is -14.1. The number of nitrogens with zero attached hydrogens (tertiary/aromatic N) is 4. The van der Waals surface area contributed by atoms with Gasteiger partial charge in [-0.15, -0.1) is 0 Å². The molecule has 0 unspecified atom stereocenters. The second-order valence-electron chi connectivity index (χ2n) is 31.1. The van der Waals surface area contributed by atoms with E-state index < -0.39 is 81.7 Å². The van der Waals surface area contributed by atoms with E-state index in [1.54, 1.807) is 148 Å². The minimum absolute atomic E-state index is 0.00253. The number of piperidine rings is 1. The standard InChI is InChI=1S/C27H25ClFN3O2.C25H20ClF2N3O2.C25H19ClF2N2O2.C24H20ClF2N3O2/c28-21-9-12-23(13-10-21)31-27(34)24-17-22(29)11-8-20(24)16-25(33)18-4-6-19(7-5-18)26(30)32-14-2-1-3-15-32;1-31-11-10-29-24(31)16-3-9-20(22(28)12-16)23(32)13-15-2-6-18(27)14-21(15)25(33)30-19-7-4-17(26)5-8-19;26-17-5-8-19(9-6-17)30-25(32)21-13-18(27)7-3-15(21)12-23(31)20-10-4-16(11-22(20)28)24(29)14-1-2-14;1-30(2)23(28)15-4-10-19(21(27)11-15)22(31)12-14-3-7-17(26)13-20(14)24(32)29-18-8-5-16(25)6-9-18/h4-13,17,30H,1-3,14-16H2,(H,31,34);2-9,12,14H,10-11,13H2,1H3,(H,30,33);3-11,13-14,29H,1-2,12H2,(H,30,32);3-11,13,28H,12H2,1-2H3,(H,29,32). The number of amidine groups is 3. The molecule has 30 heteroatoms. The molecule has 0 radical (unpaired) electrons. The molecular formula is C101H84Cl4F7N11O8. The summed E-state index contributed by atoms with van der Waals surface area (Å²) in [4.78, 5) is 112.